The summed E-state index contributed by atoms with van der Waals surface area (Å²) in [4.78, 5) is 12.6. The zero-order valence-electron chi connectivity index (χ0n) is 22.1. The van der Waals surface area contributed by atoms with E-state index in [1.165, 1.54) is 4.31 Å². The van der Waals surface area contributed by atoms with Crippen LogP contribution >= 0.6 is 23.2 Å². The molecule has 1 saturated carbocycles. The number of hydrogen-bond acceptors (Lipinski definition) is 6. The molecule has 2 heterocycles. The van der Waals surface area contributed by atoms with Crippen LogP contribution < -0.4 is 15.5 Å². The molecule has 0 saturated heterocycles. The summed E-state index contributed by atoms with van der Waals surface area (Å²) in [6.07, 6.45) is 3.68. The van der Waals surface area contributed by atoms with Gasteiger partial charge in [-0.3, -0.25) is 9.10 Å². The first kappa shape index (κ1) is 28.1. The van der Waals surface area contributed by atoms with Crippen molar-refractivity contribution < 1.29 is 27.3 Å². The van der Waals surface area contributed by atoms with Crippen molar-refractivity contribution in [3.8, 4) is 11.3 Å². The van der Waals surface area contributed by atoms with Gasteiger partial charge >= 0.3 is 7.12 Å². The molecule has 12 heteroatoms. The highest BCUT2D eigenvalue weighted by Crippen LogP contribution is 2.42. The molecule has 1 amide bonds. The van der Waals surface area contributed by atoms with Crippen LogP contribution in [0.15, 0.2) is 59.0 Å². The summed E-state index contributed by atoms with van der Waals surface area (Å²) in [5.74, 6) is 0.0833. The van der Waals surface area contributed by atoms with E-state index >= 15 is 0 Å². The average Bonchev–Trinajstić information content (AvgIpc) is 3.57. The highest BCUT2D eigenvalue weighted by Gasteiger charge is 2.36. The zero-order valence-corrected chi connectivity index (χ0v) is 24.5. The lowest BCUT2D eigenvalue weighted by atomic mass is 9.79. The molecule has 1 aromatic heterocycles. The Hall–Kier alpha value is -3.02. The van der Waals surface area contributed by atoms with Crippen molar-refractivity contribution in [3.63, 3.8) is 0 Å². The van der Waals surface area contributed by atoms with Crippen LogP contribution in [0.4, 0.5) is 5.69 Å². The normalized spacial score (nSPS) is 16.8. The van der Waals surface area contributed by atoms with E-state index in [4.69, 9.17) is 38.0 Å². The largest absolute Gasteiger partial charge is 0.492 e. The van der Waals surface area contributed by atoms with Gasteiger partial charge in [-0.1, -0.05) is 29.3 Å². The van der Waals surface area contributed by atoms with E-state index in [0.29, 0.717) is 62.2 Å². The number of anilines is 1. The Morgan fingerprint density at radius 2 is 1.80 bits per heavy atom. The molecular formula is C29H27BCl2N2O6S. The fourth-order valence-electron chi connectivity index (χ4n) is 5.53. The highest BCUT2D eigenvalue weighted by atomic mass is 35.5. The Bertz CT molecular complexity index is 1770. The number of fused-ring (bicyclic) bond motifs is 2. The number of hydrogen-bond donors (Lipinski definition) is 2. The molecule has 1 atom stereocenters. The van der Waals surface area contributed by atoms with Crippen LogP contribution in [0, 0.1) is 5.92 Å². The fourth-order valence-corrected chi connectivity index (χ4v) is 6.80. The number of halogens is 2. The predicted molar refractivity (Wildman–Crippen MR) is 161 cm³/mol. The van der Waals surface area contributed by atoms with Crippen LogP contribution in [0.2, 0.25) is 10.0 Å². The number of primary amides is 1. The van der Waals surface area contributed by atoms with Crippen molar-refractivity contribution in [2.45, 2.75) is 31.8 Å². The summed E-state index contributed by atoms with van der Waals surface area (Å²) >= 11 is 12.2. The first-order valence-corrected chi connectivity index (χ1v) is 15.9. The second-order valence-corrected chi connectivity index (χ2v) is 13.5. The van der Waals surface area contributed by atoms with Gasteiger partial charge in [-0.2, -0.15) is 0 Å². The lowest BCUT2D eigenvalue weighted by Crippen LogP contribution is -2.33. The van der Waals surface area contributed by atoms with Gasteiger partial charge in [-0.15, -0.1) is 0 Å². The summed E-state index contributed by atoms with van der Waals surface area (Å²) in [5.41, 5.74) is 9.65. The summed E-state index contributed by atoms with van der Waals surface area (Å²) in [6.45, 7) is 0.0921. The number of nitrogens with zero attached hydrogens (tertiary/aromatic N) is 1. The third-order valence-electron chi connectivity index (χ3n) is 7.67. The van der Waals surface area contributed by atoms with Gasteiger partial charge in [0.05, 0.1) is 23.6 Å². The van der Waals surface area contributed by atoms with Crippen molar-refractivity contribution in [3.05, 3.63) is 81.3 Å². The number of furan rings is 1. The van der Waals surface area contributed by atoms with Gasteiger partial charge in [0.25, 0.3) is 5.91 Å². The number of carbonyl (C=O) groups excluding carboxylic acids is 1. The molecule has 212 valence electrons. The molecule has 6 rings (SSSR count). The van der Waals surface area contributed by atoms with Gasteiger partial charge in [0.15, 0.2) is 0 Å². The molecule has 3 N–H and O–H groups in total. The maximum absolute atomic E-state index is 13.2. The number of rotatable bonds is 9. The van der Waals surface area contributed by atoms with Crippen molar-refractivity contribution in [1.82, 2.24) is 0 Å². The van der Waals surface area contributed by atoms with Gasteiger partial charge in [-0.05, 0) is 90.7 Å². The monoisotopic (exact) mass is 612 g/mol. The molecule has 4 aromatic rings. The zero-order chi connectivity index (χ0) is 29.1. The second-order valence-electron chi connectivity index (χ2n) is 10.7. The van der Waals surface area contributed by atoms with Crippen LogP contribution in [0.25, 0.3) is 22.3 Å². The van der Waals surface area contributed by atoms with E-state index in [1.54, 1.807) is 48.5 Å². The molecule has 3 aromatic carbocycles. The van der Waals surface area contributed by atoms with E-state index in [1.807, 2.05) is 6.07 Å². The Morgan fingerprint density at radius 1 is 1.10 bits per heavy atom. The topological polar surface area (TPSA) is 123 Å². The SMILES string of the molecule is CS(=O)(=O)N(CCC1OB(O)c2cc(Cl)ccc21)c1cc2oc(-c3ccc(Cl)cc3)c(C(N)=O)c2cc1CC1CC1. The minimum atomic E-state index is -3.74. The first-order valence-electron chi connectivity index (χ1n) is 13.3. The maximum Gasteiger partial charge on any atom is 0.492 e. The molecule has 0 radical (unpaired) electrons. The summed E-state index contributed by atoms with van der Waals surface area (Å²) < 4.78 is 39.7. The third-order valence-corrected chi connectivity index (χ3v) is 9.33. The molecule has 0 spiro atoms. The van der Waals surface area contributed by atoms with E-state index in [0.717, 1.165) is 30.2 Å². The Morgan fingerprint density at radius 3 is 2.46 bits per heavy atom. The second kappa shape index (κ2) is 10.7. The van der Waals surface area contributed by atoms with E-state index < -0.39 is 29.2 Å². The van der Waals surface area contributed by atoms with Crippen molar-refractivity contribution >= 4 is 68.4 Å². The summed E-state index contributed by atoms with van der Waals surface area (Å²) in [6, 6.07) is 15.5. The van der Waals surface area contributed by atoms with Crippen LogP contribution in [0.1, 0.15) is 46.9 Å². The number of benzene rings is 3. The van der Waals surface area contributed by atoms with Crippen molar-refractivity contribution in [1.29, 1.82) is 0 Å². The van der Waals surface area contributed by atoms with Gasteiger partial charge in [0.1, 0.15) is 11.3 Å². The van der Waals surface area contributed by atoms with Gasteiger partial charge in [-0.25, -0.2) is 8.42 Å². The quantitative estimate of drug-likeness (QED) is 0.254. The van der Waals surface area contributed by atoms with Crippen LogP contribution in [-0.2, 0) is 21.1 Å². The lowest BCUT2D eigenvalue weighted by molar-refractivity contribution is 0.100. The van der Waals surface area contributed by atoms with Crippen LogP contribution in [0.5, 0.6) is 0 Å². The minimum Gasteiger partial charge on any atom is -0.455 e. The number of sulfonamides is 1. The molecule has 1 aliphatic heterocycles. The highest BCUT2D eigenvalue weighted by molar-refractivity contribution is 7.92. The van der Waals surface area contributed by atoms with Gasteiger partial charge in [0.2, 0.25) is 10.0 Å². The standard InChI is InChI=1S/C29H27BCl2N2O6S/c1-41(37,38)34(11-10-25-21-9-8-20(32)14-23(21)30(36)40-25)24-15-26-22(13-18(24)12-16-2-3-16)27(29(33)35)28(39-26)17-4-6-19(31)7-5-17/h4-9,13-16,25,36H,2-3,10-12H2,1H3,(H2,33,35). The van der Waals surface area contributed by atoms with Crippen LogP contribution in [0.3, 0.4) is 0 Å². The molecule has 0 bridgehead atoms. The molecule has 41 heavy (non-hydrogen) atoms. The molecule has 8 nitrogen and oxygen atoms in total. The lowest BCUT2D eigenvalue weighted by Gasteiger charge is -2.26. The summed E-state index contributed by atoms with van der Waals surface area (Å²) in [7, 11) is -4.88. The van der Waals surface area contributed by atoms with E-state index in [2.05, 4.69) is 0 Å². The predicted octanol–water partition coefficient (Wildman–Crippen LogP) is 5.07. The van der Waals surface area contributed by atoms with Crippen LogP contribution in [-0.4, -0.2) is 39.3 Å². The van der Waals surface area contributed by atoms with E-state index in [-0.39, 0.29) is 12.1 Å². The third kappa shape index (κ3) is 5.59. The molecule has 1 fully saturated rings. The molecule has 1 unspecified atom stereocenters. The number of nitrogens with two attached hydrogens (primary N) is 1. The van der Waals surface area contributed by atoms with Crippen molar-refractivity contribution in [2.24, 2.45) is 11.7 Å². The maximum atomic E-state index is 13.2. The number of amides is 1. The fraction of sp³-hybridized carbons (Fsp3) is 0.276. The molecule has 1 aliphatic carbocycles. The van der Waals surface area contributed by atoms with Gasteiger partial charge in [0, 0.05) is 33.6 Å². The molecule has 2 aliphatic rings. The van der Waals surface area contributed by atoms with Crippen molar-refractivity contribution in [2.75, 3.05) is 17.1 Å². The minimum absolute atomic E-state index is 0.0921. The van der Waals surface area contributed by atoms with E-state index in [9.17, 15) is 18.2 Å². The Labute approximate surface area is 248 Å². The van der Waals surface area contributed by atoms with Gasteiger partial charge < -0.3 is 19.8 Å². The average molecular weight is 613 g/mol. The Kier molecular flexibility index (Phi) is 7.32. The number of carbonyl (C=O) groups is 1. The Balaban J connectivity index is 1.43. The smallest absolute Gasteiger partial charge is 0.455 e. The molecular weight excluding hydrogens is 586 g/mol. The summed E-state index contributed by atoms with van der Waals surface area (Å²) in [5, 5.41) is 11.9. The first-order chi connectivity index (χ1) is 19.5.